The molecule has 28 heavy (non-hydrogen) atoms. The molecule has 0 radical (unpaired) electrons. The second-order valence-corrected chi connectivity index (χ2v) is 23.0. The Kier molecular flexibility index (Phi) is 6.23. The van der Waals surface area contributed by atoms with E-state index in [0.717, 1.165) is 5.75 Å². The predicted octanol–water partition coefficient (Wildman–Crippen LogP) is 4.90. The van der Waals surface area contributed by atoms with E-state index >= 15 is 0 Å². The van der Waals surface area contributed by atoms with E-state index in [4.69, 9.17) is 0 Å². The number of hydrogen-bond donors (Lipinski definition) is 0. The summed E-state index contributed by atoms with van der Waals surface area (Å²) in [4.78, 5) is 0. The van der Waals surface area contributed by atoms with Gasteiger partial charge in [-0.25, -0.2) is 0 Å². The molecule has 0 aliphatic carbocycles. The van der Waals surface area contributed by atoms with Gasteiger partial charge in [0.2, 0.25) is 0 Å². The van der Waals surface area contributed by atoms with E-state index in [-0.39, 0.29) is 0 Å². The molecule has 4 rings (SSSR count). The van der Waals surface area contributed by atoms with Crippen molar-refractivity contribution in [1.29, 1.82) is 0 Å². The van der Waals surface area contributed by atoms with Gasteiger partial charge in [-0.15, -0.1) is 0 Å². The predicted molar refractivity (Wildman–Crippen MR) is 126 cm³/mol. The maximum atomic E-state index is 2.35. The Hall–Kier alpha value is -1.97. The molecule has 0 heterocycles. The van der Waals surface area contributed by atoms with E-state index in [2.05, 4.69) is 131 Å². The van der Waals surface area contributed by atoms with Crippen molar-refractivity contribution in [2.24, 2.45) is 0 Å². The Balaban J connectivity index is 1.86. The normalized spacial score (nSPS) is 11.3. The molecule has 0 aromatic heterocycles. The van der Waals surface area contributed by atoms with Crippen LogP contribution < -0.4 is 10.7 Å². The molecule has 0 saturated carbocycles. The van der Waals surface area contributed by atoms with Crippen molar-refractivity contribution in [2.75, 3.05) is 0 Å². The van der Waals surface area contributed by atoms with Crippen LogP contribution in [0.1, 0.15) is 11.1 Å². The molecule has 0 saturated heterocycles. The van der Waals surface area contributed by atoms with Gasteiger partial charge in [0.05, 0.1) is 0 Å². The summed E-state index contributed by atoms with van der Waals surface area (Å²) in [6.45, 7) is 2.15. The van der Waals surface area contributed by atoms with Gasteiger partial charge in [0.1, 0.15) is 0 Å². The minimum absolute atomic E-state index is 1.04. The summed E-state index contributed by atoms with van der Waals surface area (Å²) >= 11 is -3.20. The van der Waals surface area contributed by atoms with Crippen LogP contribution in [-0.2, 0) is 5.75 Å². The monoisotopic (exact) mass is 488 g/mol. The average molecular weight is 487 g/mol. The molecule has 0 spiro atoms. The second kappa shape index (κ2) is 9.02. The zero-order valence-electron chi connectivity index (χ0n) is 16.1. The van der Waals surface area contributed by atoms with Crippen molar-refractivity contribution in [1.82, 2.24) is 0 Å². The SMILES string of the molecule is Cc1ccc(C[S][Sn]([c]2ccccc2)([c]2ccccc2)[c]2ccccc2)cc1. The summed E-state index contributed by atoms with van der Waals surface area (Å²) in [6.07, 6.45) is 0. The third kappa shape index (κ3) is 4.06. The number of aryl methyl sites for hydroxylation is 1. The van der Waals surface area contributed by atoms with Gasteiger partial charge in [0.15, 0.2) is 0 Å². The van der Waals surface area contributed by atoms with Crippen LogP contribution in [0.2, 0.25) is 0 Å². The summed E-state index contributed by atoms with van der Waals surface area (Å²) in [5, 5.41) is 0. The van der Waals surface area contributed by atoms with Crippen molar-refractivity contribution < 1.29 is 0 Å². The van der Waals surface area contributed by atoms with Gasteiger partial charge >= 0.3 is 176 Å². The van der Waals surface area contributed by atoms with Crippen LogP contribution in [0.5, 0.6) is 0 Å². The molecule has 0 amide bonds. The van der Waals surface area contributed by atoms with Crippen molar-refractivity contribution >= 4 is 36.7 Å². The van der Waals surface area contributed by atoms with E-state index in [1.54, 1.807) is 0 Å². The average Bonchev–Trinajstić information content (AvgIpc) is 2.78. The Morgan fingerprint density at radius 3 is 1.32 bits per heavy atom. The molecule has 0 bridgehead atoms. The van der Waals surface area contributed by atoms with Crippen LogP contribution in [0.25, 0.3) is 0 Å². The third-order valence-electron chi connectivity index (χ3n) is 5.12. The molecule has 0 aliphatic rings. The quantitative estimate of drug-likeness (QED) is 0.349. The van der Waals surface area contributed by atoms with E-state index < -0.39 is 17.0 Å². The number of benzene rings is 4. The van der Waals surface area contributed by atoms with E-state index in [0.29, 0.717) is 0 Å². The Morgan fingerprint density at radius 2 is 0.929 bits per heavy atom. The molecule has 2 heteroatoms. The van der Waals surface area contributed by atoms with Crippen molar-refractivity contribution in [3.05, 3.63) is 126 Å². The fourth-order valence-electron chi connectivity index (χ4n) is 3.64. The minimum atomic E-state index is -3.20. The first-order valence-electron chi connectivity index (χ1n) is 9.65. The second-order valence-electron chi connectivity index (χ2n) is 7.05. The van der Waals surface area contributed by atoms with Crippen molar-refractivity contribution in [3.8, 4) is 0 Å². The molecule has 0 N–H and O–H groups in total. The van der Waals surface area contributed by atoms with Crippen LogP contribution in [-0.4, -0.2) is 17.0 Å². The Bertz CT molecular complexity index is 900. The first-order valence-corrected chi connectivity index (χ1v) is 18.4. The zero-order valence-corrected chi connectivity index (χ0v) is 19.8. The van der Waals surface area contributed by atoms with Crippen LogP contribution in [0, 0.1) is 6.92 Å². The summed E-state index contributed by atoms with van der Waals surface area (Å²) in [6, 6.07) is 42.6. The molecule has 0 nitrogen and oxygen atoms in total. The van der Waals surface area contributed by atoms with E-state index in [9.17, 15) is 0 Å². The topological polar surface area (TPSA) is 0 Å². The zero-order chi connectivity index (χ0) is 19.2. The summed E-state index contributed by atoms with van der Waals surface area (Å²) in [5.41, 5.74) is 2.72. The first kappa shape index (κ1) is 19.3. The van der Waals surface area contributed by atoms with Gasteiger partial charge in [-0.1, -0.05) is 0 Å². The summed E-state index contributed by atoms with van der Waals surface area (Å²) < 4.78 is 4.56. The molecule has 0 aliphatic heterocycles. The van der Waals surface area contributed by atoms with Gasteiger partial charge < -0.3 is 0 Å². The van der Waals surface area contributed by atoms with Crippen LogP contribution >= 0.6 is 8.95 Å². The molecule has 4 aromatic carbocycles. The molecule has 0 fully saturated rings. The fraction of sp³-hybridized carbons (Fsp3) is 0.0769. The molecule has 0 atom stereocenters. The number of rotatable bonds is 6. The van der Waals surface area contributed by atoms with E-state index in [1.807, 2.05) is 0 Å². The number of hydrogen-bond acceptors (Lipinski definition) is 1. The van der Waals surface area contributed by atoms with Gasteiger partial charge in [-0.2, -0.15) is 0 Å². The maximum absolute atomic E-state index is 3.20. The van der Waals surface area contributed by atoms with Gasteiger partial charge in [0, 0.05) is 0 Å². The van der Waals surface area contributed by atoms with Gasteiger partial charge in [-0.3, -0.25) is 0 Å². The third-order valence-corrected chi connectivity index (χ3v) is 25.5. The summed E-state index contributed by atoms with van der Waals surface area (Å²) in [7, 11) is 2.20. The molecular formula is C26H24SSn. The van der Waals surface area contributed by atoms with E-state index in [1.165, 1.54) is 21.9 Å². The van der Waals surface area contributed by atoms with Crippen LogP contribution in [0.15, 0.2) is 115 Å². The standard InChI is InChI=1S/C8H10S.3C6H5.Sn/c1-7-2-4-8(6-9)5-3-7;3*1-2-4-6-5-3-1;/h2-5,9H,6H2,1H3;3*1-5H;/q;;;;+1/p-1. The van der Waals surface area contributed by atoms with Crippen LogP contribution in [0.4, 0.5) is 0 Å². The molecule has 4 aromatic rings. The van der Waals surface area contributed by atoms with Crippen molar-refractivity contribution in [3.63, 3.8) is 0 Å². The summed E-state index contributed by atoms with van der Waals surface area (Å²) in [5.74, 6) is 1.04. The first-order chi connectivity index (χ1) is 13.8. The Labute approximate surface area is 175 Å². The molecule has 0 unspecified atom stereocenters. The Morgan fingerprint density at radius 1 is 0.536 bits per heavy atom. The van der Waals surface area contributed by atoms with Gasteiger partial charge in [-0.05, 0) is 0 Å². The molecule has 138 valence electrons. The molecular weight excluding hydrogens is 463 g/mol. The fourth-order valence-corrected chi connectivity index (χ4v) is 23.5. The van der Waals surface area contributed by atoms with Gasteiger partial charge in [0.25, 0.3) is 0 Å². The van der Waals surface area contributed by atoms with Crippen LogP contribution in [0.3, 0.4) is 0 Å². The van der Waals surface area contributed by atoms with Crippen molar-refractivity contribution in [2.45, 2.75) is 12.7 Å².